The fourth-order valence-electron chi connectivity index (χ4n) is 1.50. The Morgan fingerprint density at radius 2 is 2.24 bits per heavy atom. The van der Waals surface area contributed by atoms with Gasteiger partial charge in [0.05, 0.1) is 11.9 Å². The highest BCUT2D eigenvalue weighted by molar-refractivity contribution is 4.96. The molecule has 0 saturated carbocycles. The maximum absolute atomic E-state index is 4.25. The monoisotopic (exact) mass is 234 g/mol. The zero-order valence-corrected chi connectivity index (χ0v) is 10.5. The highest BCUT2D eigenvalue weighted by atomic mass is 15.4. The zero-order valence-electron chi connectivity index (χ0n) is 10.5. The van der Waals surface area contributed by atoms with Crippen molar-refractivity contribution in [2.75, 3.05) is 0 Å². The molecule has 2 aromatic rings. The first-order valence-electron chi connectivity index (χ1n) is 5.73. The summed E-state index contributed by atoms with van der Waals surface area (Å²) < 4.78 is 3.79. The highest BCUT2D eigenvalue weighted by Gasteiger charge is 2.04. The molecular weight excluding hydrogens is 216 g/mol. The van der Waals surface area contributed by atoms with E-state index in [9.17, 15) is 0 Å². The van der Waals surface area contributed by atoms with Crippen LogP contribution in [0.4, 0.5) is 0 Å². The van der Waals surface area contributed by atoms with Crippen molar-refractivity contribution in [3.63, 3.8) is 0 Å². The molecule has 0 radical (unpaired) electrons. The molecule has 17 heavy (non-hydrogen) atoms. The van der Waals surface area contributed by atoms with Crippen molar-refractivity contribution in [1.29, 1.82) is 0 Å². The molecule has 0 spiro atoms. The average Bonchev–Trinajstić information content (AvgIpc) is 2.87. The molecule has 0 bridgehead atoms. The summed E-state index contributed by atoms with van der Waals surface area (Å²) >= 11 is 0. The van der Waals surface area contributed by atoms with Gasteiger partial charge >= 0.3 is 0 Å². The van der Waals surface area contributed by atoms with E-state index >= 15 is 0 Å². The second-order valence-corrected chi connectivity index (χ2v) is 4.40. The number of hydrogen-bond donors (Lipinski definition) is 1. The number of hydrogen-bond acceptors (Lipinski definition) is 4. The normalized spacial score (nSPS) is 11.3. The second kappa shape index (κ2) is 5.09. The minimum absolute atomic E-state index is 0.453. The molecule has 0 aliphatic rings. The Kier molecular flexibility index (Phi) is 3.53. The van der Waals surface area contributed by atoms with E-state index in [2.05, 4.69) is 34.5 Å². The van der Waals surface area contributed by atoms with Gasteiger partial charge in [0.25, 0.3) is 0 Å². The first-order chi connectivity index (χ1) is 8.15. The van der Waals surface area contributed by atoms with Crippen LogP contribution in [0, 0.1) is 0 Å². The lowest BCUT2D eigenvalue weighted by Crippen LogP contribution is -2.21. The number of imidazole rings is 1. The summed E-state index contributed by atoms with van der Waals surface area (Å²) in [5.41, 5.74) is 0.952. The summed E-state index contributed by atoms with van der Waals surface area (Å²) in [5, 5.41) is 11.5. The van der Waals surface area contributed by atoms with E-state index in [4.69, 9.17) is 0 Å². The Morgan fingerprint density at radius 3 is 2.88 bits per heavy atom. The van der Waals surface area contributed by atoms with Crippen molar-refractivity contribution >= 4 is 0 Å². The highest BCUT2D eigenvalue weighted by Crippen LogP contribution is 1.99. The van der Waals surface area contributed by atoms with Crippen LogP contribution in [0.3, 0.4) is 0 Å². The van der Waals surface area contributed by atoms with E-state index in [0.29, 0.717) is 12.6 Å². The van der Waals surface area contributed by atoms with Crippen molar-refractivity contribution in [1.82, 2.24) is 29.9 Å². The van der Waals surface area contributed by atoms with Gasteiger partial charge in [-0.25, -0.2) is 9.67 Å². The molecule has 0 aliphatic heterocycles. The first-order valence-corrected chi connectivity index (χ1v) is 5.73. The molecule has 0 unspecified atom stereocenters. The van der Waals surface area contributed by atoms with Crippen molar-refractivity contribution < 1.29 is 0 Å². The van der Waals surface area contributed by atoms with Gasteiger partial charge in [-0.3, -0.25) is 0 Å². The molecule has 1 N–H and O–H groups in total. The maximum Gasteiger partial charge on any atom is 0.130 e. The van der Waals surface area contributed by atoms with Gasteiger partial charge in [0.1, 0.15) is 12.4 Å². The van der Waals surface area contributed by atoms with Gasteiger partial charge in [-0.05, 0) is 0 Å². The van der Waals surface area contributed by atoms with Crippen LogP contribution in [0.15, 0.2) is 18.6 Å². The predicted octanol–water partition coefficient (Wildman–Crippen LogP) is 0.558. The molecule has 2 heterocycles. The molecule has 0 aliphatic carbocycles. The minimum Gasteiger partial charge on any atom is -0.336 e. The molecule has 0 atom stereocenters. The van der Waals surface area contributed by atoms with E-state index in [1.807, 2.05) is 24.0 Å². The van der Waals surface area contributed by atoms with Crippen molar-refractivity contribution in [2.24, 2.45) is 7.05 Å². The van der Waals surface area contributed by atoms with E-state index < -0.39 is 0 Å². The smallest absolute Gasteiger partial charge is 0.130 e. The standard InChI is InChI=1S/C11H18N6/c1-9(2)13-6-10-7-17(15-14-10)8-11-12-4-5-16(11)3/h4-5,7,9,13H,6,8H2,1-3H3. The van der Waals surface area contributed by atoms with Crippen LogP contribution >= 0.6 is 0 Å². The van der Waals surface area contributed by atoms with Gasteiger partial charge in [0, 0.05) is 32.0 Å². The quantitative estimate of drug-likeness (QED) is 0.821. The van der Waals surface area contributed by atoms with Crippen LogP contribution in [-0.2, 0) is 20.1 Å². The summed E-state index contributed by atoms with van der Waals surface area (Å²) in [7, 11) is 1.97. The van der Waals surface area contributed by atoms with Crippen LogP contribution in [0.1, 0.15) is 25.4 Å². The zero-order chi connectivity index (χ0) is 12.3. The fraction of sp³-hybridized carbons (Fsp3) is 0.545. The lowest BCUT2D eigenvalue weighted by atomic mass is 10.3. The topological polar surface area (TPSA) is 60.6 Å². The molecule has 0 fully saturated rings. The maximum atomic E-state index is 4.25. The Bertz CT molecular complexity index is 470. The molecule has 0 saturated heterocycles. The van der Waals surface area contributed by atoms with Gasteiger partial charge in [0.2, 0.25) is 0 Å². The third-order valence-electron chi connectivity index (χ3n) is 2.50. The largest absolute Gasteiger partial charge is 0.336 e. The molecule has 2 rings (SSSR count). The summed E-state index contributed by atoms with van der Waals surface area (Å²) in [6.45, 7) is 5.62. The van der Waals surface area contributed by atoms with Crippen LogP contribution < -0.4 is 5.32 Å². The van der Waals surface area contributed by atoms with E-state index in [-0.39, 0.29) is 0 Å². The van der Waals surface area contributed by atoms with Gasteiger partial charge in [-0.15, -0.1) is 5.10 Å². The Hall–Kier alpha value is -1.69. The van der Waals surface area contributed by atoms with Gasteiger partial charge < -0.3 is 9.88 Å². The Balaban J connectivity index is 1.97. The Morgan fingerprint density at radius 1 is 1.41 bits per heavy atom. The molecule has 2 aromatic heterocycles. The van der Waals surface area contributed by atoms with Crippen LogP contribution in [-0.4, -0.2) is 30.6 Å². The fourth-order valence-corrected chi connectivity index (χ4v) is 1.50. The molecular formula is C11H18N6. The SMILES string of the molecule is CC(C)NCc1cn(Cc2nccn2C)nn1. The van der Waals surface area contributed by atoms with Crippen LogP contribution in [0.5, 0.6) is 0 Å². The summed E-state index contributed by atoms with van der Waals surface area (Å²) in [4.78, 5) is 4.25. The average molecular weight is 234 g/mol. The number of nitrogens with one attached hydrogen (secondary N) is 1. The van der Waals surface area contributed by atoms with Crippen molar-refractivity contribution in [2.45, 2.75) is 33.0 Å². The van der Waals surface area contributed by atoms with Gasteiger partial charge in [-0.2, -0.15) is 0 Å². The third-order valence-corrected chi connectivity index (χ3v) is 2.50. The molecule has 92 valence electrons. The first kappa shape index (κ1) is 11.8. The molecule has 6 heteroatoms. The van der Waals surface area contributed by atoms with Gasteiger partial charge in [0.15, 0.2) is 0 Å². The van der Waals surface area contributed by atoms with Crippen molar-refractivity contribution in [3.05, 3.63) is 30.1 Å². The van der Waals surface area contributed by atoms with Gasteiger partial charge in [-0.1, -0.05) is 19.1 Å². The number of nitrogens with zero attached hydrogens (tertiary/aromatic N) is 5. The van der Waals surface area contributed by atoms with E-state index in [1.165, 1.54) is 0 Å². The van der Waals surface area contributed by atoms with E-state index in [0.717, 1.165) is 18.1 Å². The third kappa shape index (κ3) is 3.13. The number of aromatic nitrogens is 5. The summed E-state index contributed by atoms with van der Waals surface area (Å²) in [5.74, 6) is 0.971. The van der Waals surface area contributed by atoms with E-state index in [1.54, 1.807) is 10.9 Å². The predicted molar refractivity (Wildman–Crippen MR) is 64.3 cm³/mol. The van der Waals surface area contributed by atoms with Crippen LogP contribution in [0.25, 0.3) is 0 Å². The summed E-state index contributed by atoms with van der Waals surface area (Å²) in [6.07, 6.45) is 5.66. The minimum atomic E-state index is 0.453. The Labute approximate surface area is 101 Å². The summed E-state index contributed by atoms with van der Waals surface area (Å²) in [6, 6.07) is 0.453. The molecule has 0 aromatic carbocycles. The molecule has 6 nitrogen and oxygen atoms in total. The number of aryl methyl sites for hydroxylation is 1. The second-order valence-electron chi connectivity index (χ2n) is 4.40. The van der Waals surface area contributed by atoms with Crippen molar-refractivity contribution in [3.8, 4) is 0 Å². The lowest BCUT2D eigenvalue weighted by molar-refractivity contribution is 0.580. The lowest BCUT2D eigenvalue weighted by Gasteiger charge is -2.04. The number of rotatable bonds is 5. The molecule has 0 amide bonds. The van der Waals surface area contributed by atoms with Crippen LogP contribution in [0.2, 0.25) is 0 Å².